The first kappa shape index (κ1) is 17.0. The Labute approximate surface area is 123 Å². The fraction of sp³-hybridized carbons (Fsp3) is 0.875. The van der Waals surface area contributed by atoms with E-state index < -0.39 is 0 Å². The van der Waals surface area contributed by atoms with Gasteiger partial charge < -0.3 is 10.2 Å². The van der Waals surface area contributed by atoms with E-state index in [2.05, 4.69) is 19.2 Å². The summed E-state index contributed by atoms with van der Waals surface area (Å²) < 4.78 is 0. The Morgan fingerprint density at radius 1 is 1.10 bits per heavy atom. The molecule has 0 aromatic carbocycles. The monoisotopic (exact) mass is 282 g/mol. The number of nitrogens with zero attached hydrogens (tertiary/aromatic N) is 1. The molecule has 1 fully saturated rings. The molecule has 4 heteroatoms. The zero-order valence-electron chi connectivity index (χ0n) is 13.8. The maximum Gasteiger partial charge on any atom is 0.246 e. The standard InChI is InChI=1S/C16H30N2O2/c1-7-8-12(6)9-18-14(11(4)5)15(19)17-13(10(2)3)16(18)20/h10-14H,7-9H2,1-6H3,(H,17,19). The van der Waals surface area contributed by atoms with E-state index in [4.69, 9.17) is 0 Å². The Balaban J connectivity index is 2.95. The molecule has 3 unspecified atom stereocenters. The Hall–Kier alpha value is -1.06. The molecule has 20 heavy (non-hydrogen) atoms. The van der Waals surface area contributed by atoms with Gasteiger partial charge in [0.05, 0.1) is 0 Å². The predicted octanol–water partition coefficient (Wildman–Crippen LogP) is 2.43. The average Bonchev–Trinajstić information content (AvgIpc) is 2.32. The van der Waals surface area contributed by atoms with Gasteiger partial charge in [-0.05, 0) is 24.2 Å². The molecule has 0 aromatic rings. The van der Waals surface area contributed by atoms with E-state index in [9.17, 15) is 9.59 Å². The zero-order valence-corrected chi connectivity index (χ0v) is 13.8. The van der Waals surface area contributed by atoms with Gasteiger partial charge in [0.1, 0.15) is 12.1 Å². The first-order valence-corrected chi connectivity index (χ1v) is 7.90. The van der Waals surface area contributed by atoms with E-state index in [-0.39, 0.29) is 35.7 Å². The Morgan fingerprint density at radius 3 is 2.15 bits per heavy atom. The quantitative estimate of drug-likeness (QED) is 0.813. The molecule has 1 saturated heterocycles. The van der Waals surface area contributed by atoms with Gasteiger partial charge in [-0.15, -0.1) is 0 Å². The summed E-state index contributed by atoms with van der Waals surface area (Å²) >= 11 is 0. The van der Waals surface area contributed by atoms with E-state index in [1.165, 1.54) is 0 Å². The first-order valence-electron chi connectivity index (χ1n) is 7.90. The van der Waals surface area contributed by atoms with Crippen LogP contribution in [0.25, 0.3) is 0 Å². The van der Waals surface area contributed by atoms with Crippen LogP contribution in [0.4, 0.5) is 0 Å². The van der Waals surface area contributed by atoms with Gasteiger partial charge in [-0.25, -0.2) is 0 Å². The number of piperazine rings is 1. The van der Waals surface area contributed by atoms with Gasteiger partial charge in [0.2, 0.25) is 11.8 Å². The molecule has 1 rings (SSSR count). The summed E-state index contributed by atoms with van der Waals surface area (Å²) in [7, 11) is 0. The second-order valence-corrected chi connectivity index (χ2v) is 6.80. The maximum absolute atomic E-state index is 12.7. The van der Waals surface area contributed by atoms with E-state index in [0.29, 0.717) is 12.5 Å². The number of carbonyl (C=O) groups excluding carboxylic acids is 2. The SMILES string of the molecule is CCCC(C)CN1C(=O)C(C(C)C)NC(=O)C1C(C)C. The minimum atomic E-state index is -0.369. The minimum Gasteiger partial charge on any atom is -0.342 e. The second kappa shape index (κ2) is 7.09. The van der Waals surface area contributed by atoms with Crippen LogP contribution >= 0.6 is 0 Å². The Bertz CT molecular complexity index is 352. The lowest BCUT2D eigenvalue weighted by Gasteiger charge is -2.43. The average molecular weight is 282 g/mol. The predicted molar refractivity (Wildman–Crippen MR) is 81.2 cm³/mol. The van der Waals surface area contributed by atoms with Crippen molar-refractivity contribution in [2.45, 2.75) is 66.5 Å². The normalized spacial score (nSPS) is 25.3. The van der Waals surface area contributed by atoms with Crippen LogP contribution < -0.4 is 5.32 Å². The Morgan fingerprint density at radius 2 is 1.70 bits per heavy atom. The van der Waals surface area contributed by atoms with Crippen molar-refractivity contribution in [3.05, 3.63) is 0 Å². The number of hydrogen-bond donors (Lipinski definition) is 1. The van der Waals surface area contributed by atoms with Crippen LogP contribution in [0.2, 0.25) is 0 Å². The molecule has 0 spiro atoms. The highest BCUT2D eigenvalue weighted by molar-refractivity contribution is 5.97. The van der Waals surface area contributed by atoms with Crippen LogP contribution in [0.1, 0.15) is 54.4 Å². The van der Waals surface area contributed by atoms with Gasteiger partial charge in [0, 0.05) is 6.54 Å². The lowest BCUT2D eigenvalue weighted by molar-refractivity contribution is -0.153. The molecular weight excluding hydrogens is 252 g/mol. The molecule has 2 amide bonds. The molecule has 1 aliphatic heterocycles. The van der Waals surface area contributed by atoms with Crippen molar-refractivity contribution in [3.63, 3.8) is 0 Å². The molecule has 4 nitrogen and oxygen atoms in total. The molecule has 0 saturated carbocycles. The van der Waals surface area contributed by atoms with Crippen molar-refractivity contribution in [3.8, 4) is 0 Å². The molecule has 0 aromatic heterocycles. The molecule has 1 heterocycles. The lowest BCUT2D eigenvalue weighted by Crippen LogP contribution is -2.66. The van der Waals surface area contributed by atoms with Crippen molar-refractivity contribution in [1.29, 1.82) is 0 Å². The van der Waals surface area contributed by atoms with E-state index in [1.807, 2.05) is 32.6 Å². The number of carbonyl (C=O) groups is 2. The molecule has 116 valence electrons. The van der Waals surface area contributed by atoms with Crippen molar-refractivity contribution >= 4 is 11.8 Å². The van der Waals surface area contributed by atoms with Crippen LogP contribution in [0.15, 0.2) is 0 Å². The zero-order chi connectivity index (χ0) is 15.4. The molecule has 0 bridgehead atoms. The summed E-state index contributed by atoms with van der Waals surface area (Å²) in [4.78, 5) is 26.8. The number of hydrogen-bond acceptors (Lipinski definition) is 2. The van der Waals surface area contributed by atoms with Crippen LogP contribution in [0, 0.1) is 17.8 Å². The highest BCUT2D eigenvalue weighted by Crippen LogP contribution is 2.22. The van der Waals surface area contributed by atoms with Crippen molar-refractivity contribution < 1.29 is 9.59 Å². The highest BCUT2D eigenvalue weighted by Gasteiger charge is 2.43. The molecular formula is C16H30N2O2. The highest BCUT2D eigenvalue weighted by atomic mass is 16.2. The minimum absolute atomic E-state index is 0.00185. The van der Waals surface area contributed by atoms with E-state index >= 15 is 0 Å². The van der Waals surface area contributed by atoms with E-state index in [0.717, 1.165) is 12.8 Å². The molecule has 0 radical (unpaired) electrons. The largest absolute Gasteiger partial charge is 0.342 e. The molecule has 3 atom stereocenters. The van der Waals surface area contributed by atoms with Crippen molar-refractivity contribution in [1.82, 2.24) is 10.2 Å². The number of rotatable bonds is 6. The third-order valence-electron chi connectivity index (χ3n) is 4.04. The summed E-state index contributed by atoms with van der Waals surface area (Å²) in [5.41, 5.74) is 0. The summed E-state index contributed by atoms with van der Waals surface area (Å²) in [6.45, 7) is 13.0. The smallest absolute Gasteiger partial charge is 0.246 e. The van der Waals surface area contributed by atoms with E-state index in [1.54, 1.807) is 0 Å². The Kier molecular flexibility index (Phi) is 6.03. The maximum atomic E-state index is 12.7. The van der Waals surface area contributed by atoms with Gasteiger partial charge in [0.25, 0.3) is 0 Å². The molecule has 0 aliphatic carbocycles. The molecule has 1 N–H and O–H groups in total. The van der Waals surface area contributed by atoms with Crippen LogP contribution in [0.5, 0.6) is 0 Å². The van der Waals surface area contributed by atoms with Crippen molar-refractivity contribution in [2.24, 2.45) is 17.8 Å². The molecule has 1 aliphatic rings. The summed E-state index contributed by atoms with van der Waals surface area (Å²) in [6, 6.07) is -0.692. The fourth-order valence-electron chi connectivity index (χ4n) is 3.00. The fourth-order valence-corrected chi connectivity index (χ4v) is 3.00. The third kappa shape index (κ3) is 3.74. The van der Waals surface area contributed by atoms with Gasteiger partial charge in [-0.3, -0.25) is 9.59 Å². The topological polar surface area (TPSA) is 49.4 Å². The summed E-state index contributed by atoms with van der Waals surface area (Å²) in [5.74, 6) is 0.789. The summed E-state index contributed by atoms with van der Waals surface area (Å²) in [6.07, 6.45) is 2.19. The van der Waals surface area contributed by atoms with Crippen LogP contribution in [-0.4, -0.2) is 35.3 Å². The second-order valence-electron chi connectivity index (χ2n) is 6.80. The van der Waals surface area contributed by atoms with Gasteiger partial charge in [0.15, 0.2) is 0 Å². The van der Waals surface area contributed by atoms with Gasteiger partial charge >= 0.3 is 0 Å². The third-order valence-corrected chi connectivity index (χ3v) is 4.04. The summed E-state index contributed by atoms with van der Waals surface area (Å²) in [5, 5.41) is 2.90. The lowest BCUT2D eigenvalue weighted by atomic mass is 9.91. The number of amides is 2. The van der Waals surface area contributed by atoms with Gasteiger partial charge in [-0.2, -0.15) is 0 Å². The van der Waals surface area contributed by atoms with Crippen LogP contribution in [-0.2, 0) is 9.59 Å². The van der Waals surface area contributed by atoms with Gasteiger partial charge in [-0.1, -0.05) is 48.0 Å². The van der Waals surface area contributed by atoms with Crippen molar-refractivity contribution in [2.75, 3.05) is 6.54 Å². The van der Waals surface area contributed by atoms with Crippen LogP contribution in [0.3, 0.4) is 0 Å². The number of nitrogens with one attached hydrogen (secondary N) is 1. The first-order chi connectivity index (χ1) is 9.29.